The molecule has 3 N–H and O–H groups in total. The van der Waals surface area contributed by atoms with Gasteiger partial charge < -0.3 is 11.1 Å². The molecular weight excluding hydrogens is 219 g/mol. The van der Waals surface area contributed by atoms with Crippen LogP contribution in [-0.4, -0.2) is 12.1 Å². The van der Waals surface area contributed by atoms with Crippen LogP contribution >= 0.6 is 0 Å². The molecule has 4 heteroatoms. The predicted molar refractivity (Wildman–Crippen MR) is 64.4 cm³/mol. The van der Waals surface area contributed by atoms with E-state index in [1.165, 1.54) is 0 Å². The number of halogens is 1. The van der Waals surface area contributed by atoms with Crippen LogP contribution in [0.2, 0.25) is 0 Å². The maximum Gasteiger partial charge on any atom is 0.231 e. The van der Waals surface area contributed by atoms with Gasteiger partial charge in [0.15, 0.2) is 0 Å². The fourth-order valence-electron chi connectivity index (χ4n) is 1.79. The Kier molecular flexibility index (Phi) is 3.42. The first kappa shape index (κ1) is 11.6. The third-order valence-corrected chi connectivity index (χ3v) is 2.83. The molecule has 0 aromatic heterocycles. The van der Waals surface area contributed by atoms with Gasteiger partial charge in [-0.15, -0.1) is 0 Å². The molecule has 2 rings (SSSR count). The van der Waals surface area contributed by atoms with Crippen molar-refractivity contribution in [3.63, 3.8) is 0 Å². The number of nitrogens with two attached hydrogens (primary N) is 1. The van der Waals surface area contributed by atoms with E-state index < -0.39 is 6.17 Å². The molecule has 3 nitrogen and oxygen atoms in total. The number of alkyl halides is 1. The summed E-state index contributed by atoms with van der Waals surface area (Å²) >= 11 is 0. The highest BCUT2D eigenvalue weighted by Gasteiger charge is 2.21. The molecule has 2 aliphatic rings. The Labute approximate surface area is 99.6 Å². The number of carbonyl (C=O) groups is 1. The lowest BCUT2D eigenvalue weighted by atomic mass is 9.98. The SMILES string of the molecule is NC1=CCC(C(=O)NC2=CC=CCC2F)C=C1. The first-order valence-corrected chi connectivity index (χ1v) is 5.62. The van der Waals surface area contributed by atoms with Crippen LogP contribution in [0.25, 0.3) is 0 Å². The van der Waals surface area contributed by atoms with Crippen molar-refractivity contribution in [2.24, 2.45) is 11.7 Å². The summed E-state index contributed by atoms with van der Waals surface area (Å²) < 4.78 is 13.5. The Balaban J connectivity index is 1.96. The molecule has 0 saturated heterocycles. The van der Waals surface area contributed by atoms with E-state index in [0.717, 1.165) is 0 Å². The minimum atomic E-state index is -1.11. The summed E-state index contributed by atoms with van der Waals surface area (Å²) in [6.07, 6.45) is 10.1. The molecule has 17 heavy (non-hydrogen) atoms. The second-order valence-corrected chi connectivity index (χ2v) is 4.15. The van der Waals surface area contributed by atoms with E-state index in [0.29, 0.717) is 24.2 Å². The van der Waals surface area contributed by atoms with Crippen LogP contribution in [0.4, 0.5) is 4.39 Å². The van der Waals surface area contributed by atoms with Gasteiger partial charge in [-0.05, 0) is 18.6 Å². The zero-order valence-corrected chi connectivity index (χ0v) is 9.40. The largest absolute Gasteiger partial charge is 0.399 e. The van der Waals surface area contributed by atoms with Gasteiger partial charge in [0.25, 0.3) is 0 Å². The Bertz CT molecular complexity index is 435. The molecule has 2 atom stereocenters. The molecule has 0 aromatic carbocycles. The Morgan fingerprint density at radius 1 is 1.47 bits per heavy atom. The van der Waals surface area contributed by atoms with Crippen molar-refractivity contribution in [1.82, 2.24) is 5.32 Å². The van der Waals surface area contributed by atoms with E-state index in [9.17, 15) is 9.18 Å². The Hall–Kier alpha value is -1.84. The second kappa shape index (κ2) is 4.99. The molecule has 0 spiro atoms. The van der Waals surface area contributed by atoms with E-state index >= 15 is 0 Å². The summed E-state index contributed by atoms with van der Waals surface area (Å²) in [4.78, 5) is 11.9. The quantitative estimate of drug-likeness (QED) is 0.764. The first-order chi connectivity index (χ1) is 8.16. The molecule has 0 bridgehead atoms. The number of nitrogens with one attached hydrogen (secondary N) is 1. The highest BCUT2D eigenvalue weighted by Crippen LogP contribution is 2.18. The van der Waals surface area contributed by atoms with Crippen LogP contribution in [0, 0.1) is 5.92 Å². The fraction of sp³-hybridized carbons (Fsp3) is 0.308. The third-order valence-electron chi connectivity index (χ3n) is 2.83. The summed E-state index contributed by atoms with van der Waals surface area (Å²) in [7, 11) is 0. The van der Waals surface area contributed by atoms with Gasteiger partial charge in [0.05, 0.1) is 11.6 Å². The van der Waals surface area contributed by atoms with Gasteiger partial charge in [-0.1, -0.05) is 24.3 Å². The number of hydrogen-bond donors (Lipinski definition) is 2. The molecule has 1 amide bonds. The molecular formula is C13H15FN2O. The molecule has 0 saturated carbocycles. The average Bonchev–Trinajstić information content (AvgIpc) is 2.33. The van der Waals surface area contributed by atoms with E-state index in [2.05, 4.69) is 5.32 Å². The minimum absolute atomic E-state index is 0.186. The Morgan fingerprint density at radius 2 is 2.29 bits per heavy atom. The Morgan fingerprint density at radius 3 is 2.94 bits per heavy atom. The van der Waals surface area contributed by atoms with Gasteiger partial charge in [0.2, 0.25) is 5.91 Å². The van der Waals surface area contributed by atoms with Crippen molar-refractivity contribution >= 4 is 5.91 Å². The zero-order chi connectivity index (χ0) is 12.3. The summed E-state index contributed by atoms with van der Waals surface area (Å²) in [5, 5.41) is 2.63. The number of rotatable bonds is 2. The van der Waals surface area contributed by atoms with Crippen molar-refractivity contribution in [2.45, 2.75) is 19.0 Å². The normalized spacial score (nSPS) is 27.4. The van der Waals surface area contributed by atoms with Gasteiger partial charge in [0.1, 0.15) is 6.17 Å². The minimum Gasteiger partial charge on any atom is -0.399 e. The predicted octanol–water partition coefficient (Wildman–Crippen LogP) is 1.70. The number of carbonyl (C=O) groups excluding carboxylic acids is 1. The highest BCUT2D eigenvalue weighted by atomic mass is 19.1. The topological polar surface area (TPSA) is 55.1 Å². The van der Waals surface area contributed by atoms with Gasteiger partial charge in [0, 0.05) is 12.1 Å². The van der Waals surface area contributed by atoms with Crippen LogP contribution < -0.4 is 11.1 Å². The maximum absolute atomic E-state index is 13.5. The van der Waals surface area contributed by atoms with Crippen molar-refractivity contribution in [1.29, 1.82) is 0 Å². The lowest BCUT2D eigenvalue weighted by Gasteiger charge is -2.19. The van der Waals surface area contributed by atoms with Gasteiger partial charge >= 0.3 is 0 Å². The molecule has 0 aliphatic heterocycles. The number of amides is 1. The van der Waals surface area contributed by atoms with E-state index in [1.54, 1.807) is 36.5 Å². The summed E-state index contributed by atoms with van der Waals surface area (Å²) in [5.74, 6) is -0.449. The van der Waals surface area contributed by atoms with Crippen molar-refractivity contribution in [3.05, 3.63) is 47.9 Å². The zero-order valence-electron chi connectivity index (χ0n) is 9.40. The lowest BCUT2D eigenvalue weighted by molar-refractivity contribution is -0.123. The van der Waals surface area contributed by atoms with Gasteiger partial charge in [-0.25, -0.2) is 4.39 Å². The van der Waals surface area contributed by atoms with Crippen molar-refractivity contribution in [2.75, 3.05) is 0 Å². The molecule has 0 aromatic rings. The van der Waals surface area contributed by atoms with E-state index in [-0.39, 0.29) is 11.8 Å². The lowest BCUT2D eigenvalue weighted by Crippen LogP contribution is -2.33. The smallest absolute Gasteiger partial charge is 0.231 e. The maximum atomic E-state index is 13.5. The van der Waals surface area contributed by atoms with Crippen LogP contribution in [0.5, 0.6) is 0 Å². The van der Waals surface area contributed by atoms with E-state index in [1.807, 2.05) is 0 Å². The van der Waals surface area contributed by atoms with Gasteiger partial charge in [-0.3, -0.25) is 4.79 Å². The molecule has 0 heterocycles. The second-order valence-electron chi connectivity index (χ2n) is 4.15. The highest BCUT2D eigenvalue weighted by molar-refractivity contribution is 5.82. The standard InChI is InChI=1S/C13H15FN2O/c14-11-3-1-2-4-12(11)16-13(17)9-5-7-10(15)8-6-9/h1-2,4-5,7-9,11H,3,6,15H2,(H,16,17). The summed E-state index contributed by atoms with van der Waals surface area (Å²) in [6, 6.07) is 0. The summed E-state index contributed by atoms with van der Waals surface area (Å²) in [6.45, 7) is 0. The first-order valence-electron chi connectivity index (χ1n) is 5.62. The van der Waals surface area contributed by atoms with Crippen LogP contribution in [-0.2, 0) is 4.79 Å². The van der Waals surface area contributed by atoms with Crippen LogP contribution in [0.3, 0.4) is 0 Å². The van der Waals surface area contributed by atoms with Gasteiger partial charge in [-0.2, -0.15) is 0 Å². The molecule has 0 radical (unpaired) electrons. The number of allylic oxidation sites excluding steroid dienone is 6. The van der Waals surface area contributed by atoms with Crippen LogP contribution in [0.15, 0.2) is 47.9 Å². The van der Waals surface area contributed by atoms with Crippen molar-refractivity contribution < 1.29 is 9.18 Å². The molecule has 90 valence electrons. The molecule has 2 unspecified atom stereocenters. The monoisotopic (exact) mass is 234 g/mol. The van der Waals surface area contributed by atoms with Crippen LogP contribution in [0.1, 0.15) is 12.8 Å². The summed E-state index contributed by atoms with van der Waals surface area (Å²) in [5.41, 5.74) is 6.57. The molecule has 2 aliphatic carbocycles. The van der Waals surface area contributed by atoms with Crippen molar-refractivity contribution in [3.8, 4) is 0 Å². The van der Waals surface area contributed by atoms with E-state index in [4.69, 9.17) is 5.73 Å². The molecule has 0 fully saturated rings. The fourth-order valence-corrected chi connectivity index (χ4v) is 1.79. The number of hydrogen-bond acceptors (Lipinski definition) is 2. The average molecular weight is 234 g/mol. The third kappa shape index (κ3) is 2.84.